The molecular weight excluding hydrogens is 332 g/mol. The molecule has 1 aromatic heterocycles. The quantitative estimate of drug-likeness (QED) is 0.750. The highest BCUT2D eigenvalue weighted by Gasteiger charge is 2.20. The summed E-state index contributed by atoms with van der Waals surface area (Å²) >= 11 is 9.87. The Bertz CT molecular complexity index is 580. The van der Waals surface area contributed by atoms with Gasteiger partial charge in [0, 0.05) is 11.1 Å². The molecule has 0 fully saturated rings. The van der Waals surface area contributed by atoms with Crippen molar-refractivity contribution in [3.63, 3.8) is 0 Å². The molecule has 0 saturated heterocycles. The maximum absolute atomic E-state index is 6.28. The van der Waals surface area contributed by atoms with Crippen molar-refractivity contribution in [1.29, 1.82) is 0 Å². The van der Waals surface area contributed by atoms with Crippen molar-refractivity contribution in [3.8, 4) is 11.5 Å². The molecule has 1 heterocycles. The van der Waals surface area contributed by atoms with Gasteiger partial charge in [0.25, 0.3) is 0 Å². The van der Waals surface area contributed by atoms with E-state index in [-0.39, 0.29) is 4.83 Å². The number of rotatable bonds is 4. The lowest BCUT2D eigenvalue weighted by atomic mass is 10.1. The van der Waals surface area contributed by atoms with Gasteiger partial charge in [-0.05, 0) is 30.7 Å². The molecular formula is C14H14BrClO3. The fraction of sp³-hybridized carbons (Fsp3) is 0.286. The second-order valence-electron chi connectivity index (χ2n) is 4.04. The fourth-order valence-electron chi connectivity index (χ4n) is 1.81. The molecule has 0 aliphatic rings. The zero-order valence-corrected chi connectivity index (χ0v) is 13.2. The van der Waals surface area contributed by atoms with Gasteiger partial charge in [-0.3, -0.25) is 0 Å². The number of aryl methyl sites for hydroxylation is 1. The minimum atomic E-state index is -0.131. The maximum Gasteiger partial charge on any atom is 0.162 e. The van der Waals surface area contributed by atoms with E-state index in [1.165, 1.54) is 0 Å². The SMILES string of the molecule is COc1cc(Cl)c(C(Br)c2ccc(C)o2)cc1OC. The van der Waals surface area contributed by atoms with Gasteiger partial charge in [-0.25, -0.2) is 0 Å². The van der Waals surface area contributed by atoms with Gasteiger partial charge in [-0.15, -0.1) is 0 Å². The van der Waals surface area contributed by atoms with E-state index >= 15 is 0 Å². The molecule has 0 bridgehead atoms. The van der Waals surface area contributed by atoms with Gasteiger partial charge in [-0.2, -0.15) is 0 Å². The summed E-state index contributed by atoms with van der Waals surface area (Å²) in [5, 5.41) is 0.591. The largest absolute Gasteiger partial charge is 0.493 e. The van der Waals surface area contributed by atoms with E-state index < -0.39 is 0 Å². The van der Waals surface area contributed by atoms with Crippen molar-refractivity contribution >= 4 is 27.5 Å². The third-order valence-electron chi connectivity index (χ3n) is 2.79. The highest BCUT2D eigenvalue weighted by Crippen LogP contribution is 2.41. The number of furan rings is 1. The highest BCUT2D eigenvalue weighted by molar-refractivity contribution is 9.09. The van der Waals surface area contributed by atoms with Crippen molar-refractivity contribution in [2.24, 2.45) is 0 Å². The number of halogens is 2. The third-order valence-corrected chi connectivity index (χ3v) is 4.06. The lowest BCUT2D eigenvalue weighted by Crippen LogP contribution is -1.96. The van der Waals surface area contributed by atoms with Gasteiger partial charge >= 0.3 is 0 Å². The smallest absolute Gasteiger partial charge is 0.162 e. The molecule has 1 aromatic carbocycles. The average Bonchev–Trinajstić information content (AvgIpc) is 2.84. The second-order valence-corrected chi connectivity index (χ2v) is 5.36. The molecule has 1 unspecified atom stereocenters. The van der Waals surface area contributed by atoms with E-state index in [2.05, 4.69) is 15.9 Å². The first kappa shape index (κ1) is 14.3. The number of hydrogen-bond donors (Lipinski definition) is 0. The van der Waals surface area contributed by atoms with Gasteiger partial charge in [-0.1, -0.05) is 27.5 Å². The van der Waals surface area contributed by atoms with Crippen LogP contribution in [0.3, 0.4) is 0 Å². The van der Waals surface area contributed by atoms with Crippen LogP contribution in [0.4, 0.5) is 0 Å². The van der Waals surface area contributed by atoms with Crippen LogP contribution in [0, 0.1) is 6.92 Å². The Kier molecular flexibility index (Phi) is 4.42. The van der Waals surface area contributed by atoms with Crippen LogP contribution in [-0.2, 0) is 0 Å². The minimum Gasteiger partial charge on any atom is -0.493 e. The molecule has 0 spiro atoms. The van der Waals surface area contributed by atoms with Crippen molar-refractivity contribution in [1.82, 2.24) is 0 Å². The second kappa shape index (κ2) is 5.88. The van der Waals surface area contributed by atoms with Crippen LogP contribution < -0.4 is 9.47 Å². The number of hydrogen-bond acceptors (Lipinski definition) is 3. The van der Waals surface area contributed by atoms with E-state index in [9.17, 15) is 0 Å². The maximum atomic E-state index is 6.28. The van der Waals surface area contributed by atoms with Gasteiger partial charge in [0.2, 0.25) is 0 Å². The number of methoxy groups -OCH3 is 2. The summed E-state index contributed by atoms with van der Waals surface area (Å²) in [5.74, 6) is 2.89. The van der Waals surface area contributed by atoms with Crippen molar-refractivity contribution in [2.75, 3.05) is 14.2 Å². The molecule has 2 rings (SSSR count). The predicted molar refractivity (Wildman–Crippen MR) is 78.8 cm³/mol. The average molecular weight is 346 g/mol. The number of alkyl halides is 1. The summed E-state index contributed by atoms with van der Waals surface area (Å²) in [7, 11) is 3.17. The minimum absolute atomic E-state index is 0.131. The molecule has 0 aliphatic carbocycles. The lowest BCUT2D eigenvalue weighted by molar-refractivity contribution is 0.354. The lowest BCUT2D eigenvalue weighted by Gasteiger charge is -2.14. The molecule has 0 saturated carbocycles. The fourth-order valence-corrected chi connectivity index (χ4v) is 2.83. The van der Waals surface area contributed by atoms with Gasteiger partial charge < -0.3 is 13.9 Å². The molecule has 5 heteroatoms. The molecule has 0 radical (unpaired) electrons. The summed E-state index contributed by atoms with van der Waals surface area (Å²) in [4.78, 5) is -0.131. The molecule has 0 amide bonds. The first-order valence-corrected chi connectivity index (χ1v) is 6.98. The topological polar surface area (TPSA) is 31.6 Å². The highest BCUT2D eigenvalue weighted by atomic mass is 79.9. The first-order valence-electron chi connectivity index (χ1n) is 5.68. The molecule has 3 nitrogen and oxygen atoms in total. The van der Waals surface area contributed by atoms with Crippen LogP contribution >= 0.6 is 27.5 Å². The van der Waals surface area contributed by atoms with E-state index in [0.717, 1.165) is 17.1 Å². The van der Waals surface area contributed by atoms with Crippen LogP contribution in [0.5, 0.6) is 11.5 Å². The van der Waals surface area contributed by atoms with Crippen molar-refractivity contribution in [2.45, 2.75) is 11.8 Å². The Hall–Kier alpha value is -1.13. The summed E-state index contributed by atoms with van der Waals surface area (Å²) in [6.07, 6.45) is 0. The molecule has 19 heavy (non-hydrogen) atoms. The molecule has 102 valence electrons. The van der Waals surface area contributed by atoms with Crippen LogP contribution in [0.15, 0.2) is 28.7 Å². The normalized spacial score (nSPS) is 12.3. The molecule has 2 aromatic rings. The van der Waals surface area contributed by atoms with E-state index in [4.69, 9.17) is 25.5 Å². The van der Waals surface area contributed by atoms with Gasteiger partial charge in [0.15, 0.2) is 11.5 Å². The van der Waals surface area contributed by atoms with E-state index in [1.807, 2.05) is 25.1 Å². The summed E-state index contributed by atoms with van der Waals surface area (Å²) in [6, 6.07) is 7.41. The van der Waals surface area contributed by atoms with Crippen LogP contribution in [0.25, 0.3) is 0 Å². The Morgan fingerprint density at radius 1 is 1.16 bits per heavy atom. The zero-order chi connectivity index (χ0) is 14.0. The Morgan fingerprint density at radius 3 is 2.32 bits per heavy atom. The summed E-state index contributed by atoms with van der Waals surface area (Å²) in [5.41, 5.74) is 0.869. The Morgan fingerprint density at radius 2 is 1.79 bits per heavy atom. The predicted octanol–water partition coefficient (Wildman–Crippen LogP) is 4.74. The van der Waals surface area contributed by atoms with Crippen molar-refractivity contribution < 1.29 is 13.9 Å². The van der Waals surface area contributed by atoms with Crippen LogP contribution in [0.2, 0.25) is 5.02 Å². The standard InChI is InChI=1S/C14H14BrClO3/c1-8-4-5-11(19-8)14(15)9-6-12(17-2)13(18-3)7-10(9)16/h4-7,14H,1-3H3. The summed E-state index contributed by atoms with van der Waals surface area (Å²) < 4.78 is 16.1. The van der Waals surface area contributed by atoms with Crippen LogP contribution in [0.1, 0.15) is 21.9 Å². The molecule has 0 N–H and O–H groups in total. The zero-order valence-electron chi connectivity index (χ0n) is 10.9. The molecule has 0 aliphatic heterocycles. The van der Waals surface area contributed by atoms with E-state index in [1.54, 1.807) is 20.3 Å². The summed E-state index contributed by atoms with van der Waals surface area (Å²) in [6.45, 7) is 1.90. The Labute approximate surface area is 125 Å². The van der Waals surface area contributed by atoms with E-state index in [0.29, 0.717) is 16.5 Å². The molecule has 1 atom stereocenters. The van der Waals surface area contributed by atoms with Gasteiger partial charge in [0.1, 0.15) is 11.5 Å². The number of benzene rings is 1. The third kappa shape index (κ3) is 2.90. The van der Waals surface area contributed by atoms with Gasteiger partial charge in [0.05, 0.1) is 19.0 Å². The number of ether oxygens (including phenoxy) is 2. The van der Waals surface area contributed by atoms with Crippen LogP contribution in [-0.4, -0.2) is 14.2 Å². The monoisotopic (exact) mass is 344 g/mol. The van der Waals surface area contributed by atoms with Crippen molar-refractivity contribution in [3.05, 3.63) is 46.4 Å². The first-order chi connectivity index (χ1) is 9.06. The Balaban J connectivity index is 2.44.